The van der Waals surface area contributed by atoms with Gasteiger partial charge in [-0.2, -0.15) is 0 Å². The molecule has 3 rings (SSSR count). The van der Waals surface area contributed by atoms with Crippen LogP contribution in [0.25, 0.3) is 16.6 Å². The zero-order valence-corrected chi connectivity index (χ0v) is 12.6. The Labute approximate surface area is 125 Å². The summed E-state index contributed by atoms with van der Waals surface area (Å²) in [4.78, 5) is 25.8. The van der Waals surface area contributed by atoms with Gasteiger partial charge in [0, 0.05) is 11.9 Å². The molecule has 0 aliphatic carbocycles. The number of rotatable bonds is 2. The Balaban J connectivity index is 2.47. The first-order valence-electron chi connectivity index (χ1n) is 6.48. The zero-order valence-electron chi connectivity index (χ0n) is 11.7. The number of benzene rings is 2. The van der Waals surface area contributed by atoms with E-state index in [1.807, 2.05) is 36.6 Å². The van der Waals surface area contributed by atoms with Crippen LogP contribution in [0.5, 0.6) is 0 Å². The van der Waals surface area contributed by atoms with Gasteiger partial charge in [-0.25, -0.2) is 4.79 Å². The van der Waals surface area contributed by atoms with Gasteiger partial charge >= 0.3 is 5.69 Å². The normalized spacial score (nSPS) is 11.0. The van der Waals surface area contributed by atoms with Gasteiger partial charge in [0.2, 0.25) is 0 Å². The lowest BCUT2D eigenvalue weighted by atomic mass is 10.2. The lowest BCUT2D eigenvalue weighted by molar-refractivity contribution is 0.752. The van der Waals surface area contributed by atoms with E-state index in [2.05, 4.69) is 0 Å². The lowest BCUT2D eigenvalue weighted by Gasteiger charge is -2.12. The van der Waals surface area contributed by atoms with E-state index in [1.165, 1.54) is 7.05 Å². The third-order valence-electron chi connectivity index (χ3n) is 3.47. The van der Waals surface area contributed by atoms with Crippen molar-refractivity contribution in [2.24, 2.45) is 7.05 Å². The average molecular weight is 298 g/mol. The zero-order chi connectivity index (χ0) is 15.0. The molecule has 106 valence electrons. The van der Waals surface area contributed by atoms with Crippen LogP contribution >= 0.6 is 11.8 Å². The summed E-state index contributed by atoms with van der Waals surface area (Å²) in [5, 5.41) is 0.536. The number of hydrogen-bond acceptors (Lipinski definition) is 3. The van der Waals surface area contributed by atoms with Crippen molar-refractivity contribution in [3.05, 3.63) is 69.4 Å². The average Bonchev–Trinajstić information content (AvgIpc) is 2.53. The molecule has 21 heavy (non-hydrogen) atoms. The van der Waals surface area contributed by atoms with Crippen LogP contribution in [0.4, 0.5) is 0 Å². The predicted octanol–water partition coefficient (Wildman–Crippen LogP) is 2.41. The molecule has 0 amide bonds. The van der Waals surface area contributed by atoms with Gasteiger partial charge in [-0.05, 0) is 36.6 Å². The molecule has 0 radical (unpaired) electrons. The first kappa shape index (κ1) is 13.7. The van der Waals surface area contributed by atoms with Crippen LogP contribution < -0.4 is 11.2 Å². The third-order valence-corrected chi connectivity index (χ3v) is 4.20. The molecule has 1 heterocycles. The topological polar surface area (TPSA) is 44.0 Å². The Kier molecular flexibility index (Phi) is 3.43. The van der Waals surface area contributed by atoms with E-state index < -0.39 is 0 Å². The number of fused-ring (bicyclic) bond motifs is 1. The van der Waals surface area contributed by atoms with Crippen LogP contribution in [0.2, 0.25) is 0 Å². The van der Waals surface area contributed by atoms with Gasteiger partial charge in [0.1, 0.15) is 0 Å². The van der Waals surface area contributed by atoms with Crippen LogP contribution in [0, 0.1) is 0 Å². The van der Waals surface area contributed by atoms with Crippen LogP contribution in [0.15, 0.2) is 63.0 Å². The number of nitrogens with zero attached hydrogens (tertiary/aromatic N) is 2. The van der Waals surface area contributed by atoms with Crippen LogP contribution in [-0.2, 0) is 7.05 Å². The number of para-hydroxylation sites is 1. The highest BCUT2D eigenvalue weighted by atomic mass is 32.2. The minimum atomic E-state index is -0.336. The van der Waals surface area contributed by atoms with Crippen molar-refractivity contribution >= 4 is 22.7 Å². The molecule has 2 aromatic carbocycles. The molecule has 0 fully saturated rings. The molecule has 5 heteroatoms. The number of hydrogen-bond donors (Lipinski definition) is 0. The summed E-state index contributed by atoms with van der Waals surface area (Å²) in [5.74, 6) is 0. The van der Waals surface area contributed by atoms with Crippen molar-refractivity contribution in [3.8, 4) is 5.69 Å². The molecule has 3 aromatic rings. The first-order valence-corrected chi connectivity index (χ1v) is 7.71. The van der Waals surface area contributed by atoms with Gasteiger partial charge in [-0.15, -0.1) is 11.8 Å². The molecule has 4 nitrogen and oxygen atoms in total. The Morgan fingerprint density at radius 3 is 2.52 bits per heavy atom. The van der Waals surface area contributed by atoms with Crippen molar-refractivity contribution in [3.63, 3.8) is 0 Å². The van der Waals surface area contributed by atoms with E-state index in [0.717, 1.165) is 15.1 Å². The van der Waals surface area contributed by atoms with Crippen LogP contribution in [0.1, 0.15) is 0 Å². The van der Waals surface area contributed by atoms with Crippen molar-refractivity contribution in [1.82, 2.24) is 9.13 Å². The summed E-state index contributed by atoms with van der Waals surface area (Å²) in [6, 6.07) is 14.9. The summed E-state index contributed by atoms with van der Waals surface area (Å²) in [6.07, 6.45) is 1.99. The van der Waals surface area contributed by atoms with Gasteiger partial charge in [-0.3, -0.25) is 13.9 Å². The standard InChI is InChI=1S/C16H14N2O2S/c1-17-15(19)13-8-3-4-9-14(13)18(16(17)20)11-6-5-7-12(10-11)21-2/h3-10H,1-2H3. The molecular formula is C16H14N2O2S. The fraction of sp³-hybridized carbons (Fsp3) is 0.125. The SMILES string of the molecule is CSc1cccc(-n2c(=O)n(C)c(=O)c3ccccc32)c1. The summed E-state index contributed by atoms with van der Waals surface area (Å²) >= 11 is 1.61. The highest BCUT2D eigenvalue weighted by Gasteiger charge is 2.11. The molecule has 0 unspecified atom stereocenters. The number of thioether (sulfide) groups is 1. The lowest BCUT2D eigenvalue weighted by Crippen LogP contribution is -2.37. The molecule has 0 saturated heterocycles. The summed E-state index contributed by atoms with van der Waals surface area (Å²) in [7, 11) is 1.51. The quantitative estimate of drug-likeness (QED) is 0.682. The van der Waals surface area contributed by atoms with Gasteiger partial charge < -0.3 is 0 Å². The molecule has 0 aliphatic heterocycles. The fourth-order valence-corrected chi connectivity index (χ4v) is 2.82. The minimum absolute atomic E-state index is 0.270. The molecule has 0 atom stereocenters. The summed E-state index contributed by atoms with van der Waals surface area (Å²) in [6.45, 7) is 0. The van der Waals surface area contributed by atoms with Crippen molar-refractivity contribution in [2.75, 3.05) is 6.26 Å². The van der Waals surface area contributed by atoms with E-state index in [4.69, 9.17) is 0 Å². The van der Waals surface area contributed by atoms with Gasteiger partial charge in [0.05, 0.1) is 16.6 Å². The molecule has 0 saturated carbocycles. The van der Waals surface area contributed by atoms with E-state index in [-0.39, 0.29) is 11.2 Å². The molecular weight excluding hydrogens is 284 g/mol. The van der Waals surface area contributed by atoms with E-state index in [0.29, 0.717) is 10.9 Å². The van der Waals surface area contributed by atoms with Crippen molar-refractivity contribution < 1.29 is 0 Å². The third kappa shape index (κ3) is 2.19. The Bertz CT molecular complexity index is 941. The van der Waals surface area contributed by atoms with Crippen LogP contribution in [0.3, 0.4) is 0 Å². The largest absolute Gasteiger partial charge is 0.335 e. The predicted molar refractivity (Wildman–Crippen MR) is 86.6 cm³/mol. The second kappa shape index (κ2) is 5.26. The first-order chi connectivity index (χ1) is 10.1. The molecule has 0 spiro atoms. The van der Waals surface area contributed by atoms with Crippen LogP contribution in [-0.4, -0.2) is 15.4 Å². The van der Waals surface area contributed by atoms with E-state index in [1.54, 1.807) is 34.5 Å². The smallest absolute Gasteiger partial charge is 0.268 e. The van der Waals surface area contributed by atoms with Crippen molar-refractivity contribution in [1.29, 1.82) is 0 Å². The van der Waals surface area contributed by atoms with E-state index in [9.17, 15) is 9.59 Å². The highest BCUT2D eigenvalue weighted by molar-refractivity contribution is 7.98. The monoisotopic (exact) mass is 298 g/mol. The maximum atomic E-state index is 12.5. The Morgan fingerprint density at radius 2 is 1.76 bits per heavy atom. The van der Waals surface area contributed by atoms with Gasteiger partial charge in [-0.1, -0.05) is 18.2 Å². The summed E-state index contributed by atoms with van der Waals surface area (Å²) < 4.78 is 2.73. The maximum Gasteiger partial charge on any atom is 0.335 e. The summed E-state index contributed by atoms with van der Waals surface area (Å²) in [5.41, 5.74) is 0.785. The molecule has 0 aliphatic rings. The van der Waals surface area contributed by atoms with Crippen molar-refractivity contribution in [2.45, 2.75) is 4.90 Å². The molecule has 0 bridgehead atoms. The molecule has 0 N–H and O–H groups in total. The highest BCUT2D eigenvalue weighted by Crippen LogP contribution is 2.20. The second-order valence-corrected chi connectivity index (χ2v) is 5.58. The van der Waals surface area contributed by atoms with E-state index >= 15 is 0 Å². The molecule has 1 aromatic heterocycles. The Morgan fingerprint density at radius 1 is 1.00 bits per heavy atom. The van der Waals surface area contributed by atoms with Gasteiger partial charge in [0.25, 0.3) is 5.56 Å². The maximum absolute atomic E-state index is 12.5. The van der Waals surface area contributed by atoms with Gasteiger partial charge in [0.15, 0.2) is 0 Å². The Hall–Kier alpha value is -2.27. The second-order valence-electron chi connectivity index (χ2n) is 4.70. The fourth-order valence-electron chi connectivity index (χ4n) is 2.37. The minimum Gasteiger partial charge on any atom is -0.268 e. The number of aromatic nitrogens is 2.